The van der Waals surface area contributed by atoms with E-state index in [9.17, 15) is 9.00 Å². The van der Waals surface area contributed by atoms with Crippen molar-refractivity contribution in [3.63, 3.8) is 0 Å². The summed E-state index contributed by atoms with van der Waals surface area (Å²) >= 11 is 0. The zero-order chi connectivity index (χ0) is 10.8. The van der Waals surface area contributed by atoms with Gasteiger partial charge >= 0.3 is 0 Å². The van der Waals surface area contributed by atoms with E-state index in [1.807, 2.05) is 0 Å². The van der Waals surface area contributed by atoms with Crippen LogP contribution in [0.1, 0.15) is 25.7 Å². The van der Waals surface area contributed by atoms with Crippen LogP contribution in [0.15, 0.2) is 0 Å². The van der Waals surface area contributed by atoms with Gasteiger partial charge in [0.25, 0.3) is 0 Å². The van der Waals surface area contributed by atoms with Gasteiger partial charge in [0.15, 0.2) is 0 Å². The Bertz CT molecular complexity index is 186. The van der Waals surface area contributed by atoms with Crippen molar-refractivity contribution < 1.29 is 9.00 Å². The first-order chi connectivity index (χ1) is 6.66. The van der Waals surface area contributed by atoms with E-state index >= 15 is 0 Å². The zero-order valence-electron chi connectivity index (χ0n) is 8.75. The third-order valence-electron chi connectivity index (χ3n) is 1.82. The Morgan fingerprint density at radius 1 is 1.36 bits per heavy atom. The van der Waals surface area contributed by atoms with E-state index in [4.69, 9.17) is 5.73 Å². The Hall–Kier alpha value is -0.420. The molecule has 0 aromatic heterocycles. The highest BCUT2D eigenvalue weighted by molar-refractivity contribution is 7.84. The first kappa shape index (κ1) is 13.6. The highest BCUT2D eigenvalue weighted by atomic mass is 32.2. The molecule has 3 N–H and O–H groups in total. The Kier molecular flexibility index (Phi) is 8.87. The molecule has 1 unspecified atom stereocenters. The van der Waals surface area contributed by atoms with Crippen LogP contribution in [-0.2, 0) is 15.6 Å². The van der Waals surface area contributed by atoms with Crippen molar-refractivity contribution in [2.75, 3.05) is 25.1 Å². The third-order valence-corrected chi connectivity index (χ3v) is 2.60. The second-order valence-electron chi connectivity index (χ2n) is 3.23. The van der Waals surface area contributed by atoms with Crippen molar-refractivity contribution in [1.29, 1.82) is 0 Å². The Labute approximate surface area is 88.1 Å². The van der Waals surface area contributed by atoms with Crippen LogP contribution in [0.25, 0.3) is 0 Å². The summed E-state index contributed by atoms with van der Waals surface area (Å²) in [5.41, 5.74) is 5.32. The predicted octanol–water partition coefficient (Wildman–Crippen LogP) is 0.000200. The molecular formula is C9H20N2O2S. The van der Waals surface area contributed by atoms with E-state index in [0.717, 1.165) is 19.3 Å². The van der Waals surface area contributed by atoms with Crippen LogP contribution in [0.5, 0.6) is 0 Å². The number of hydrogen-bond acceptors (Lipinski definition) is 3. The van der Waals surface area contributed by atoms with Crippen LogP contribution in [0.3, 0.4) is 0 Å². The number of nitrogens with one attached hydrogen (secondary N) is 1. The lowest BCUT2D eigenvalue weighted by Gasteiger charge is -2.03. The van der Waals surface area contributed by atoms with E-state index in [0.29, 0.717) is 25.3 Å². The second kappa shape index (κ2) is 9.15. The lowest BCUT2D eigenvalue weighted by atomic mass is 10.2. The first-order valence-electron chi connectivity index (χ1n) is 4.93. The number of carbonyl (C=O) groups is 1. The van der Waals surface area contributed by atoms with Crippen molar-refractivity contribution >= 4 is 16.7 Å². The number of hydrogen-bond donors (Lipinski definition) is 2. The topological polar surface area (TPSA) is 72.2 Å². The maximum absolute atomic E-state index is 11.1. The third kappa shape index (κ3) is 9.67. The molecule has 1 atom stereocenters. The van der Waals surface area contributed by atoms with Crippen LogP contribution < -0.4 is 11.1 Å². The minimum atomic E-state index is -0.822. The quantitative estimate of drug-likeness (QED) is 0.566. The van der Waals surface area contributed by atoms with Gasteiger partial charge in [0.1, 0.15) is 0 Å². The molecule has 5 heteroatoms. The van der Waals surface area contributed by atoms with Crippen LogP contribution in [-0.4, -0.2) is 35.2 Å². The van der Waals surface area contributed by atoms with Gasteiger partial charge < -0.3 is 11.1 Å². The molecule has 4 nitrogen and oxygen atoms in total. The Balaban J connectivity index is 3.24. The molecule has 0 aromatic rings. The number of nitrogens with two attached hydrogens (primary N) is 1. The minimum Gasteiger partial charge on any atom is -0.355 e. The molecule has 0 fully saturated rings. The fourth-order valence-corrected chi connectivity index (χ4v) is 1.42. The van der Waals surface area contributed by atoms with E-state index in [1.54, 1.807) is 6.26 Å². The standard InChI is InChI=1S/C9H20N2O2S/c1-14(13)8-7-11-9(12)5-3-2-4-6-10/h2-8,10H2,1H3,(H,11,12). The summed E-state index contributed by atoms with van der Waals surface area (Å²) in [6.45, 7) is 1.20. The molecule has 84 valence electrons. The summed E-state index contributed by atoms with van der Waals surface area (Å²) in [5, 5.41) is 2.73. The number of rotatable bonds is 8. The van der Waals surface area contributed by atoms with Crippen molar-refractivity contribution in [1.82, 2.24) is 5.32 Å². The van der Waals surface area contributed by atoms with Crippen LogP contribution in [0.4, 0.5) is 0 Å². The van der Waals surface area contributed by atoms with Crippen LogP contribution >= 0.6 is 0 Å². The molecule has 0 saturated carbocycles. The van der Waals surface area contributed by atoms with Gasteiger partial charge in [-0.05, 0) is 19.4 Å². The van der Waals surface area contributed by atoms with Crippen LogP contribution in [0.2, 0.25) is 0 Å². The second-order valence-corrected chi connectivity index (χ2v) is 4.78. The largest absolute Gasteiger partial charge is 0.355 e. The first-order valence-corrected chi connectivity index (χ1v) is 6.66. The fraction of sp³-hybridized carbons (Fsp3) is 0.889. The molecule has 0 aliphatic heterocycles. The molecule has 0 heterocycles. The summed E-state index contributed by atoms with van der Waals surface area (Å²) < 4.78 is 10.7. The molecule has 0 aliphatic carbocycles. The fourth-order valence-electron chi connectivity index (χ4n) is 1.03. The van der Waals surface area contributed by atoms with Gasteiger partial charge in [0.05, 0.1) is 0 Å². The smallest absolute Gasteiger partial charge is 0.220 e. The van der Waals surface area contributed by atoms with Gasteiger partial charge in [-0.15, -0.1) is 0 Å². The lowest BCUT2D eigenvalue weighted by molar-refractivity contribution is -0.121. The van der Waals surface area contributed by atoms with Gasteiger partial charge in [0, 0.05) is 35.8 Å². The number of amides is 1. The molecule has 0 spiro atoms. The highest BCUT2D eigenvalue weighted by Crippen LogP contribution is 1.97. The molecular weight excluding hydrogens is 200 g/mol. The summed E-state index contributed by atoms with van der Waals surface area (Å²) in [5.74, 6) is 0.585. The zero-order valence-corrected chi connectivity index (χ0v) is 9.57. The molecule has 0 bridgehead atoms. The number of carbonyl (C=O) groups excluding carboxylic acids is 1. The summed E-state index contributed by atoms with van der Waals surface area (Å²) in [4.78, 5) is 11.1. The van der Waals surface area contributed by atoms with E-state index < -0.39 is 10.8 Å². The Morgan fingerprint density at radius 2 is 2.07 bits per heavy atom. The van der Waals surface area contributed by atoms with Crippen molar-refractivity contribution in [3.8, 4) is 0 Å². The summed E-state index contributed by atoms with van der Waals surface area (Å²) in [6, 6.07) is 0. The highest BCUT2D eigenvalue weighted by Gasteiger charge is 2.00. The predicted molar refractivity (Wildman–Crippen MR) is 59.5 cm³/mol. The molecule has 1 amide bonds. The normalized spacial score (nSPS) is 12.4. The van der Waals surface area contributed by atoms with Crippen molar-refractivity contribution in [2.24, 2.45) is 5.73 Å². The maximum atomic E-state index is 11.1. The van der Waals surface area contributed by atoms with Crippen LogP contribution in [0, 0.1) is 0 Å². The summed E-state index contributed by atoms with van der Waals surface area (Å²) in [6.07, 6.45) is 5.05. The van der Waals surface area contributed by atoms with Crippen molar-refractivity contribution in [3.05, 3.63) is 0 Å². The van der Waals surface area contributed by atoms with Gasteiger partial charge in [-0.2, -0.15) is 0 Å². The lowest BCUT2D eigenvalue weighted by Crippen LogP contribution is -2.27. The van der Waals surface area contributed by atoms with E-state index in [1.165, 1.54) is 0 Å². The van der Waals surface area contributed by atoms with E-state index in [-0.39, 0.29) is 5.91 Å². The van der Waals surface area contributed by atoms with Gasteiger partial charge in [-0.1, -0.05) is 6.42 Å². The SMILES string of the molecule is CS(=O)CCNC(=O)CCCCCN. The Morgan fingerprint density at radius 3 is 2.64 bits per heavy atom. The van der Waals surface area contributed by atoms with Gasteiger partial charge in [-0.25, -0.2) is 0 Å². The van der Waals surface area contributed by atoms with Gasteiger partial charge in [0.2, 0.25) is 5.91 Å². The van der Waals surface area contributed by atoms with E-state index in [2.05, 4.69) is 5.32 Å². The maximum Gasteiger partial charge on any atom is 0.220 e. The monoisotopic (exact) mass is 220 g/mol. The summed E-state index contributed by atoms with van der Waals surface area (Å²) in [7, 11) is -0.822. The van der Waals surface area contributed by atoms with Gasteiger partial charge in [-0.3, -0.25) is 9.00 Å². The minimum absolute atomic E-state index is 0.0486. The average molecular weight is 220 g/mol. The molecule has 0 radical (unpaired) electrons. The molecule has 0 saturated heterocycles. The molecule has 0 aromatic carbocycles. The van der Waals surface area contributed by atoms with Crippen molar-refractivity contribution in [2.45, 2.75) is 25.7 Å². The molecule has 0 aliphatic rings. The molecule has 0 rings (SSSR count). The average Bonchev–Trinajstić information content (AvgIpc) is 2.12. The molecule has 14 heavy (non-hydrogen) atoms. The number of unbranched alkanes of at least 4 members (excludes halogenated alkanes) is 2.